The van der Waals surface area contributed by atoms with E-state index in [2.05, 4.69) is 4.98 Å². The third-order valence-electron chi connectivity index (χ3n) is 2.25. The minimum Gasteiger partial charge on any atom is -0.268 e. The van der Waals surface area contributed by atoms with E-state index < -0.39 is 0 Å². The van der Waals surface area contributed by atoms with E-state index >= 15 is 0 Å². The minimum atomic E-state index is -0.244. The van der Waals surface area contributed by atoms with Crippen LogP contribution < -0.4 is 5.06 Å². The van der Waals surface area contributed by atoms with Crippen LogP contribution in [0.1, 0.15) is 10.4 Å². The quantitative estimate of drug-likeness (QED) is 0.757. The molecule has 0 atom stereocenters. The van der Waals surface area contributed by atoms with E-state index in [0.717, 1.165) is 5.06 Å². The van der Waals surface area contributed by atoms with Gasteiger partial charge in [-0.2, -0.15) is 5.06 Å². The number of pyridine rings is 1. The van der Waals surface area contributed by atoms with Gasteiger partial charge in [0.2, 0.25) is 0 Å². The van der Waals surface area contributed by atoms with E-state index in [0.29, 0.717) is 11.4 Å². The van der Waals surface area contributed by atoms with Crippen LogP contribution in [-0.2, 0) is 4.84 Å². The van der Waals surface area contributed by atoms with Crippen LogP contribution >= 0.6 is 0 Å². The van der Waals surface area contributed by atoms with E-state index in [1.165, 1.54) is 7.11 Å². The van der Waals surface area contributed by atoms with Gasteiger partial charge in [0.05, 0.1) is 7.11 Å². The fourth-order valence-corrected chi connectivity index (χ4v) is 1.45. The zero-order valence-corrected chi connectivity index (χ0v) is 9.41. The molecule has 2 rings (SSSR count). The second-order valence-corrected chi connectivity index (χ2v) is 3.34. The Labute approximate surface area is 99.4 Å². The zero-order valence-electron chi connectivity index (χ0n) is 9.41. The molecule has 0 N–H and O–H groups in total. The molecule has 0 radical (unpaired) electrons. The number of hydroxylamine groups is 1. The van der Waals surface area contributed by atoms with Crippen molar-refractivity contribution in [3.8, 4) is 0 Å². The SMILES string of the molecule is CON(C(=O)c1ccccc1)c1ccccn1. The summed E-state index contributed by atoms with van der Waals surface area (Å²) in [5.41, 5.74) is 0.556. The molecule has 1 amide bonds. The Morgan fingerprint density at radius 1 is 1.12 bits per heavy atom. The summed E-state index contributed by atoms with van der Waals surface area (Å²) in [5, 5.41) is 1.16. The van der Waals surface area contributed by atoms with Crippen molar-refractivity contribution in [3.05, 3.63) is 60.3 Å². The first-order valence-corrected chi connectivity index (χ1v) is 5.17. The van der Waals surface area contributed by atoms with Crippen LogP contribution in [0.15, 0.2) is 54.7 Å². The predicted molar refractivity (Wildman–Crippen MR) is 64.5 cm³/mol. The number of hydrogen-bond donors (Lipinski definition) is 0. The molecule has 0 saturated heterocycles. The predicted octanol–water partition coefficient (Wildman–Crippen LogP) is 2.29. The summed E-state index contributed by atoms with van der Waals surface area (Å²) >= 11 is 0. The lowest BCUT2D eigenvalue weighted by atomic mass is 10.2. The molecule has 4 nitrogen and oxygen atoms in total. The lowest BCUT2D eigenvalue weighted by Gasteiger charge is -2.18. The summed E-state index contributed by atoms with van der Waals surface area (Å²) in [6, 6.07) is 14.2. The second-order valence-electron chi connectivity index (χ2n) is 3.34. The van der Waals surface area contributed by atoms with Crippen LogP contribution in [0.3, 0.4) is 0 Å². The highest BCUT2D eigenvalue weighted by atomic mass is 16.7. The van der Waals surface area contributed by atoms with Crippen LogP contribution in [0, 0.1) is 0 Å². The van der Waals surface area contributed by atoms with Crippen LogP contribution in [0.25, 0.3) is 0 Å². The van der Waals surface area contributed by atoms with Gasteiger partial charge in [0, 0.05) is 11.8 Å². The second kappa shape index (κ2) is 5.23. The minimum absolute atomic E-state index is 0.244. The van der Waals surface area contributed by atoms with E-state index in [1.807, 2.05) is 6.07 Å². The molecule has 0 bridgehead atoms. The van der Waals surface area contributed by atoms with Crippen LogP contribution in [0.4, 0.5) is 5.82 Å². The summed E-state index contributed by atoms with van der Waals surface area (Å²) in [5.74, 6) is 0.218. The number of carbonyl (C=O) groups excluding carboxylic acids is 1. The van der Waals surface area contributed by atoms with Crippen molar-refractivity contribution in [1.82, 2.24) is 4.98 Å². The van der Waals surface area contributed by atoms with Gasteiger partial charge in [-0.3, -0.25) is 9.63 Å². The highest BCUT2D eigenvalue weighted by molar-refractivity contribution is 6.04. The van der Waals surface area contributed by atoms with Gasteiger partial charge in [-0.25, -0.2) is 4.98 Å². The summed E-state index contributed by atoms with van der Waals surface area (Å²) in [6.07, 6.45) is 1.61. The monoisotopic (exact) mass is 228 g/mol. The van der Waals surface area contributed by atoms with Gasteiger partial charge in [0.25, 0.3) is 5.91 Å². The number of amides is 1. The van der Waals surface area contributed by atoms with Crippen molar-refractivity contribution in [2.75, 3.05) is 12.2 Å². The van der Waals surface area contributed by atoms with Crippen molar-refractivity contribution in [1.29, 1.82) is 0 Å². The zero-order chi connectivity index (χ0) is 12.1. The van der Waals surface area contributed by atoms with Crippen molar-refractivity contribution in [3.63, 3.8) is 0 Å². The molecule has 86 valence electrons. The molecule has 17 heavy (non-hydrogen) atoms. The topological polar surface area (TPSA) is 42.4 Å². The Morgan fingerprint density at radius 2 is 1.82 bits per heavy atom. The number of rotatable bonds is 3. The molecule has 0 aliphatic heterocycles. The Morgan fingerprint density at radius 3 is 2.41 bits per heavy atom. The van der Waals surface area contributed by atoms with E-state index in [-0.39, 0.29) is 5.91 Å². The van der Waals surface area contributed by atoms with Gasteiger partial charge in [-0.05, 0) is 24.3 Å². The highest BCUT2D eigenvalue weighted by Crippen LogP contribution is 2.13. The van der Waals surface area contributed by atoms with E-state index in [4.69, 9.17) is 4.84 Å². The standard InChI is InChI=1S/C13H12N2O2/c1-17-15(12-9-5-6-10-14-12)13(16)11-7-3-2-4-8-11/h2-10H,1H3. The lowest BCUT2D eigenvalue weighted by Crippen LogP contribution is -2.30. The molecule has 1 heterocycles. The number of anilines is 1. The first-order chi connectivity index (χ1) is 8.33. The number of benzene rings is 1. The van der Waals surface area contributed by atoms with Gasteiger partial charge < -0.3 is 0 Å². The Hall–Kier alpha value is -2.20. The van der Waals surface area contributed by atoms with Gasteiger partial charge in [0.1, 0.15) is 0 Å². The van der Waals surface area contributed by atoms with Gasteiger partial charge in [-0.1, -0.05) is 24.3 Å². The Kier molecular flexibility index (Phi) is 3.47. The fourth-order valence-electron chi connectivity index (χ4n) is 1.45. The Bertz CT molecular complexity index is 485. The van der Waals surface area contributed by atoms with Crippen molar-refractivity contribution in [2.24, 2.45) is 0 Å². The molecule has 0 aliphatic carbocycles. The normalized spacial score (nSPS) is 9.94. The third kappa shape index (κ3) is 2.49. The number of hydrogen-bond acceptors (Lipinski definition) is 3. The van der Waals surface area contributed by atoms with Crippen molar-refractivity contribution < 1.29 is 9.63 Å². The maximum atomic E-state index is 12.1. The summed E-state index contributed by atoms with van der Waals surface area (Å²) in [6.45, 7) is 0. The average Bonchev–Trinajstić information content (AvgIpc) is 2.42. The van der Waals surface area contributed by atoms with E-state index in [9.17, 15) is 4.79 Å². The molecule has 0 unspecified atom stereocenters. The van der Waals surface area contributed by atoms with Crippen molar-refractivity contribution >= 4 is 11.7 Å². The summed E-state index contributed by atoms with van der Waals surface area (Å²) < 4.78 is 0. The molecule has 2 aromatic rings. The number of aromatic nitrogens is 1. The molecule has 0 spiro atoms. The maximum absolute atomic E-state index is 12.1. The molecular formula is C13H12N2O2. The number of nitrogens with zero attached hydrogens (tertiary/aromatic N) is 2. The van der Waals surface area contributed by atoms with Gasteiger partial charge in [0.15, 0.2) is 5.82 Å². The summed E-state index contributed by atoms with van der Waals surface area (Å²) in [4.78, 5) is 21.3. The largest absolute Gasteiger partial charge is 0.283 e. The molecule has 0 fully saturated rings. The molecule has 0 saturated carbocycles. The molecule has 4 heteroatoms. The molecule has 0 aliphatic rings. The molecule has 1 aromatic carbocycles. The highest BCUT2D eigenvalue weighted by Gasteiger charge is 2.17. The fraction of sp³-hybridized carbons (Fsp3) is 0.0769. The van der Waals surface area contributed by atoms with Crippen LogP contribution in [0.2, 0.25) is 0 Å². The summed E-state index contributed by atoms with van der Waals surface area (Å²) in [7, 11) is 1.44. The molecular weight excluding hydrogens is 216 g/mol. The van der Waals surface area contributed by atoms with Gasteiger partial charge >= 0.3 is 0 Å². The first kappa shape index (κ1) is 11.3. The lowest BCUT2D eigenvalue weighted by molar-refractivity contribution is 0.0769. The average molecular weight is 228 g/mol. The van der Waals surface area contributed by atoms with Crippen LogP contribution in [0.5, 0.6) is 0 Å². The molecule has 1 aromatic heterocycles. The Balaban J connectivity index is 2.29. The smallest absolute Gasteiger partial charge is 0.268 e. The maximum Gasteiger partial charge on any atom is 0.283 e. The van der Waals surface area contributed by atoms with E-state index in [1.54, 1.807) is 48.7 Å². The van der Waals surface area contributed by atoms with Crippen LogP contribution in [-0.4, -0.2) is 18.0 Å². The first-order valence-electron chi connectivity index (χ1n) is 5.17. The van der Waals surface area contributed by atoms with Crippen molar-refractivity contribution in [2.45, 2.75) is 0 Å². The third-order valence-corrected chi connectivity index (χ3v) is 2.25. The number of carbonyl (C=O) groups is 1. The van der Waals surface area contributed by atoms with Gasteiger partial charge in [-0.15, -0.1) is 0 Å².